The maximum atomic E-state index is 11.5. The molecule has 0 bridgehead atoms. The number of hydrogen-bond acceptors (Lipinski definition) is 3. The van der Waals surface area contributed by atoms with E-state index >= 15 is 0 Å². The van der Waals surface area contributed by atoms with E-state index in [1.54, 1.807) is 38.1 Å². The third-order valence-electron chi connectivity index (χ3n) is 2.41. The average molecular weight is 265 g/mol. The van der Waals surface area contributed by atoms with E-state index in [1.165, 1.54) is 0 Å². The van der Waals surface area contributed by atoms with Gasteiger partial charge in [-0.3, -0.25) is 4.79 Å². The van der Waals surface area contributed by atoms with Crippen molar-refractivity contribution in [3.05, 3.63) is 29.8 Å². The summed E-state index contributed by atoms with van der Waals surface area (Å²) in [6, 6.07) is 6.42. The van der Waals surface area contributed by atoms with E-state index in [0.29, 0.717) is 17.8 Å². The number of aliphatic hydroxyl groups is 1. The van der Waals surface area contributed by atoms with Crippen LogP contribution in [0.4, 0.5) is 10.5 Å². The molecule has 0 aliphatic rings. The van der Waals surface area contributed by atoms with E-state index < -0.39 is 12.1 Å². The van der Waals surface area contributed by atoms with E-state index in [9.17, 15) is 14.7 Å². The second kappa shape index (κ2) is 7.38. The van der Waals surface area contributed by atoms with Crippen LogP contribution in [0.3, 0.4) is 0 Å². The van der Waals surface area contributed by atoms with Crippen LogP contribution in [0.15, 0.2) is 24.3 Å². The fourth-order valence-electron chi connectivity index (χ4n) is 1.47. The quantitative estimate of drug-likeness (QED) is 0.640. The summed E-state index contributed by atoms with van der Waals surface area (Å²) in [5.41, 5.74) is 1.27. The van der Waals surface area contributed by atoms with Gasteiger partial charge in [-0.25, -0.2) is 4.79 Å². The van der Waals surface area contributed by atoms with E-state index in [4.69, 9.17) is 0 Å². The molecular weight excluding hydrogens is 246 g/mol. The Bertz CT molecular complexity index is 447. The first-order valence-electron chi connectivity index (χ1n) is 6.12. The molecule has 0 saturated carbocycles. The molecule has 4 N–H and O–H groups in total. The minimum atomic E-state index is -0.597. The lowest BCUT2D eigenvalue weighted by molar-refractivity contribution is -0.119. The van der Waals surface area contributed by atoms with E-state index in [-0.39, 0.29) is 12.5 Å². The number of carbonyl (C=O) groups excluding carboxylic acids is 2. The van der Waals surface area contributed by atoms with Crippen molar-refractivity contribution in [2.24, 2.45) is 0 Å². The van der Waals surface area contributed by atoms with Gasteiger partial charge in [-0.05, 0) is 31.5 Å². The standard InChI is InChI=1S/C13H19N3O3/c1-3-14-12(18)8-15-13(19)16-11-6-4-5-10(7-11)9(2)17/h4-7,9,17H,3,8H2,1-2H3,(H,14,18)(H2,15,16,19). The molecule has 0 aliphatic carbocycles. The van der Waals surface area contributed by atoms with Crippen molar-refractivity contribution in [3.63, 3.8) is 0 Å². The highest BCUT2D eigenvalue weighted by Crippen LogP contribution is 2.16. The van der Waals surface area contributed by atoms with Crippen molar-refractivity contribution in [1.29, 1.82) is 0 Å². The van der Waals surface area contributed by atoms with Gasteiger partial charge in [0.15, 0.2) is 0 Å². The van der Waals surface area contributed by atoms with Crippen molar-refractivity contribution in [1.82, 2.24) is 10.6 Å². The molecule has 19 heavy (non-hydrogen) atoms. The Morgan fingerprint density at radius 1 is 1.32 bits per heavy atom. The predicted octanol–water partition coefficient (Wildman–Crippen LogP) is 0.997. The number of rotatable bonds is 5. The molecule has 6 heteroatoms. The topological polar surface area (TPSA) is 90.5 Å². The molecule has 1 atom stereocenters. The lowest BCUT2D eigenvalue weighted by Gasteiger charge is -2.10. The Kier molecular flexibility index (Phi) is 5.81. The molecule has 0 fully saturated rings. The van der Waals surface area contributed by atoms with Gasteiger partial charge in [0.05, 0.1) is 12.6 Å². The third-order valence-corrected chi connectivity index (χ3v) is 2.41. The fourth-order valence-corrected chi connectivity index (χ4v) is 1.47. The maximum Gasteiger partial charge on any atom is 0.319 e. The Hall–Kier alpha value is -2.08. The summed E-state index contributed by atoms with van der Waals surface area (Å²) in [5, 5.41) is 17.0. The number of likely N-dealkylation sites (N-methyl/N-ethyl adjacent to an activating group) is 1. The Morgan fingerprint density at radius 3 is 2.68 bits per heavy atom. The largest absolute Gasteiger partial charge is 0.389 e. The van der Waals surface area contributed by atoms with Crippen molar-refractivity contribution >= 4 is 17.6 Å². The van der Waals surface area contributed by atoms with Crippen LogP contribution in [0.25, 0.3) is 0 Å². The van der Waals surface area contributed by atoms with Crippen molar-refractivity contribution in [3.8, 4) is 0 Å². The second-order valence-corrected chi connectivity index (χ2v) is 4.06. The van der Waals surface area contributed by atoms with Crippen LogP contribution in [0.5, 0.6) is 0 Å². The van der Waals surface area contributed by atoms with Crippen molar-refractivity contribution in [2.45, 2.75) is 20.0 Å². The van der Waals surface area contributed by atoms with Gasteiger partial charge in [0.2, 0.25) is 5.91 Å². The molecule has 104 valence electrons. The highest BCUT2D eigenvalue weighted by molar-refractivity contribution is 5.92. The lowest BCUT2D eigenvalue weighted by atomic mass is 10.1. The minimum Gasteiger partial charge on any atom is -0.389 e. The van der Waals surface area contributed by atoms with Crippen LogP contribution >= 0.6 is 0 Å². The smallest absolute Gasteiger partial charge is 0.319 e. The minimum absolute atomic E-state index is 0.0736. The zero-order valence-electron chi connectivity index (χ0n) is 11.1. The fraction of sp³-hybridized carbons (Fsp3) is 0.385. The highest BCUT2D eigenvalue weighted by Gasteiger charge is 2.06. The van der Waals surface area contributed by atoms with Crippen molar-refractivity contribution in [2.75, 3.05) is 18.4 Å². The molecule has 0 aromatic heterocycles. The second-order valence-electron chi connectivity index (χ2n) is 4.06. The summed E-state index contributed by atoms with van der Waals surface area (Å²) in [4.78, 5) is 22.7. The van der Waals surface area contributed by atoms with E-state index in [2.05, 4.69) is 16.0 Å². The molecule has 3 amide bonds. The predicted molar refractivity (Wildman–Crippen MR) is 72.8 cm³/mol. The first-order chi connectivity index (χ1) is 9.02. The number of amides is 3. The summed E-state index contributed by atoms with van der Waals surface area (Å²) >= 11 is 0. The lowest BCUT2D eigenvalue weighted by Crippen LogP contribution is -2.38. The first-order valence-corrected chi connectivity index (χ1v) is 6.12. The average Bonchev–Trinajstić information content (AvgIpc) is 2.37. The summed E-state index contributed by atoms with van der Waals surface area (Å²) < 4.78 is 0. The van der Waals surface area contributed by atoms with E-state index in [0.717, 1.165) is 0 Å². The van der Waals surface area contributed by atoms with Gasteiger partial charge < -0.3 is 21.1 Å². The number of aliphatic hydroxyl groups excluding tert-OH is 1. The zero-order valence-corrected chi connectivity index (χ0v) is 11.1. The molecule has 1 rings (SSSR count). The summed E-state index contributed by atoms with van der Waals surface area (Å²) in [5.74, 6) is -0.240. The van der Waals surface area contributed by atoms with Crippen LogP contribution in [0, 0.1) is 0 Å². The molecule has 0 spiro atoms. The highest BCUT2D eigenvalue weighted by atomic mass is 16.3. The number of urea groups is 1. The number of nitrogens with one attached hydrogen (secondary N) is 3. The van der Waals surface area contributed by atoms with Gasteiger partial charge in [0.1, 0.15) is 0 Å². The SMILES string of the molecule is CCNC(=O)CNC(=O)Nc1cccc(C(C)O)c1. The van der Waals surface area contributed by atoms with Gasteiger partial charge in [0.25, 0.3) is 0 Å². The normalized spacial score (nSPS) is 11.5. The van der Waals surface area contributed by atoms with Crippen LogP contribution < -0.4 is 16.0 Å². The van der Waals surface area contributed by atoms with Gasteiger partial charge in [0, 0.05) is 12.2 Å². The molecule has 0 heterocycles. The Balaban J connectivity index is 2.48. The van der Waals surface area contributed by atoms with Crippen LogP contribution in [-0.4, -0.2) is 30.1 Å². The summed E-state index contributed by atoms with van der Waals surface area (Å²) in [6.07, 6.45) is -0.597. The van der Waals surface area contributed by atoms with Crippen molar-refractivity contribution < 1.29 is 14.7 Å². The maximum absolute atomic E-state index is 11.5. The number of anilines is 1. The zero-order chi connectivity index (χ0) is 14.3. The molecule has 6 nitrogen and oxygen atoms in total. The van der Waals surface area contributed by atoms with E-state index in [1.807, 2.05) is 0 Å². The molecule has 0 radical (unpaired) electrons. The molecule has 1 unspecified atom stereocenters. The summed E-state index contributed by atoms with van der Waals surface area (Å²) in [6.45, 7) is 3.90. The number of benzene rings is 1. The van der Waals surface area contributed by atoms with Crippen LogP contribution in [0.1, 0.15) is 25.5 Å². The van der Waals surface area contributed by atoms with Crippen LogP contribution in [-0.2, 0) is 4.79 Å². The monoisotopic (exact) mass is 265 g/mol. The molecule has 1 aromatic carbocycles. The molecule has 0 aliphatic heterocycles. The molecular formula is C13H19N3O3. The van der Waals surface area contributed by atoms with Gasteiger partial charge in [-0.1, -0.05) is 12.1 Å². The molecule has 0 saturated heterocycles. The molecule has 1 aromatic rings. The number of carbonyl (C=O) groups is 2. The third kappa shape index (κ3) is 5.39. The first kappa shape index (κ1) is 15.0. The van der Waals surface area contributed by atoms with Gasteiger partial charge >= 0.3 is 6.03 Å². The Labute approximate surface area is 112 Å². The number of hydrogen-bond donors (Lipinski definition) is 4. The van der Waals surface area contributed by atoms with Crippen LogP contribution in [0.2, 0.25) is 0 Å². The Morgan fingerprint density at radius 2 is 2.05 bits per heavy atom. The van der Waals surface area contributed by atoms with Gasteiger partial charge in [-0.2, -0.15) is 0 Å². The van der Waals surface area contributed by atoms with Gasteiger partial charge in [-0.15, -0.1) is 0 Å². The summed E-state index contributed by atoms with van der Waals surface area (Å²) in [7, 11) is 0.